The average molecular weight is 315 g/mol. The molecule has 0 spiro atoms. The first-order chi connectivity index (χ1) is 9.88. The van der Waals surface area contributed by atoms with E-state index in [9.17, 15) is 14.0 Å². The van der Waals surface area contributed by atoms with E-state index in [-0.39, 0.29) is 23.6 Å². The summed E-state index contributed by atoms with van der Waals surface area (Å²) in [5, 5.41) is 11.7. The topological polar surface area (TPSA) is 69.6 Å². The maximum absolute atomic E-state index is 13.1. The van der Waals surface area contributed by atoms with Crippen LogP contribution in [0.4, 0.5) is 9.18 Å². The van der Waals surface area contributed by atoms with Crippen LogP contribution in [-0.2, 0) is 4.79 Å². The van der Waals surface area contributed by atoms with Gasteiger partial charge in [-0.25, -0.2) is 9.18 Å². The molecule has 5 nitrogen and oxygen atoms in total. The smallest absolute Gasteiger partial charge is 0.317 e. The first-order valence-corrected chi connectivity index (χ1v) is 6.99. The third kappa shape index (κ3) is 3.64. The van der Waals surface area contributed by atoms with Crippen molar-refractivity contribution < 1.29 is 19.1 Å². The van der Waals surface area contributed by atoms with Gasteiger partial charge in [0.15, 0.2) is 0 Å². The van der Waals surface area contributed by atoms with Gasteiger partial charge in [0, 0.05) is 13.1 Å². The Morgan fingerprint density at radius 3 is 2.81 bits per heavy atom. The van der Waals surface area contributed by atoms with Crippen LogP contribution in [-0.4, -0.2) is 35.1 Å². The lowest BCUT2D eigenvalue weighted by Crippen LogP contribution is -2.40. The van der Waals surface area contributed by atoms with E-state index in [1.54, 1.807) is 13.0 Å². The first-order valence-electron chi connectivity index (χ1n) is 6.61. The van der Waals surface area contributed by atoms with Crippen molar-refractivity contribution in [1.82, 2.24) is 10.2 Å². The Morgan fingerprint density at radius 2 is 2.24 bits per heavy atom. The molecule has 0 saturated carbocycles. The van der Waals surface area contributed by atoms with Crippen molar-refractivity contribution >= 4 is 23.6 Å². The Bertz CT molecular complexity index is 567. The molecule has 0 radical (unpaired) electrons. The van der Waals surface area contributed by atoms with Gasteiger partial charge in [-0.15, -0.1) is 0 Å². The predicted octanol–water partition coefficient (Wildman–Crippen LogP) is 2.66. The molecule has 2 unspecified atom stereocenters. The number of urea groups is 1. The number of nitrogens with one attached hydrogen (secondary N) is 1. The number of halogens is 2. The van der Waals surface area contributed by atoms with Gasteiger partial charge in [-0.2, -0.15) is 0 Å². The van der Waals surface area contributed by atoms with Gasteiger partial charge in [0.2, 0.25) is 0 Å². The summed E-state index contributed by atoms with van der Waals surface area (Å²) in [6, 6.07) is 3.59. The van der Waals surface area contributed by atoms with Crippen LogP contribution in [0.15, 0.2) is 18.2 Å². The lowest BCUT2D eigenvalue weighted by atomic mass is 10.1. The number of hydrogen-bond acceptors (Lipinski definition) is 2. The molecule has 1 aliphatic rings. The van der Waals surface area contributed by atoms with Crippen molar-refractivity contribution in [1.29, 1.82) is 0 Å². The molecule has 21 heavy (non-hydrogen) atoms. The summed E-state index contributed by atoms with van der Waals surface area (Å²) < 4.78 is 13.1. The first kappa shape index (κ1) is 15.6. The highest BCUT2D eigenvalue weighted by atomic mass is 35.5. The van der Waals surface area contributed by atoms with Crippen molar-refractivity contribution in [3.63, 3.8) is 0 Å². The number of carboxylic acid groups (broad SMARTS) is 1. The molecule has 2 amide bonds. The summed E-state index contributed by atoms with van der Waals surface area (Å²) in [5.41, 5.74) is 0.684. The van der Waals surface area contributed by atoms with E-state index in [0.717, 1.165) is 0 Å². The van der Waals surface area contributed by atoms with Gasteiger partial charge in [-0.1, -0.05) is 17.7 Å². The van der Waals surface area contributed by atoms with Crippen molar-refractivity contribution in [3.8, 4) is 0 Å². The number of nitrogens with zero attached hydrogens (tertiary/aromatic N) is 1. The van der Waals surface area contributed by atoms with Crippen molar-refractivity contribution in [2.45, 2.75) is 19.4 Å². The highest BCUT2D eigenvalue weighted by Crippen LogP contribution is 2.22. The summed E-state index contributed by atoms with van der Waals surface area (Å²) in [6.07, 6.45) is 0.458. The van der Waals surface area contributed by atoms with Gasteiger partial charge >= 0.3 is 12.0 Å². The molecule has 1 heterocycles. The fraction of sp³-hybridized carbons (Fsp3) is 0.429. The molecule has 114 valence electrons. The molecule has 0 aliphatic carbocycles. The Hall–Kier alpha value is -1.82. The van der Waals surface area contributed by atoms with E-state index in [1.165, 1.54) is 17.0 Å². The zero-order valence-corrected chi connectivity index (χ0v) is 12.2. The van der Waals surface area contributed by atoms with Crippen LogP contribution in [0.3, 0.4) is 0 Å². The highest BCUT2D eigenvalue weighted by molar-refractivity contribution is 6.30. The van der Waals surface area contributed by atoms with E-state index in [0.29, 0.717) is 18.5 Å². The SMILES string of the molecule is CC(NC(=O)N1CCC(C(=O)O)C1)c1ccc(F)c(Cl)c1. The maximum atomic E-state index is 13.1. The molecule has 7 heteroatoms. The fourth-order valence-corrected chi connectivity index (χ4v) is 2.48. The van der Waals surface area contributed by atoms with E-state index >= 15 is 0 Å². The minimum atomic E-state index is -0.885. The van der Waals surface area contributed by atoms with Crippen LogP contribution in [0.1, 0.15) is 24.9 Å². The predicted molar refractivity (Wildman–Crippen MR) is 75.7 cm³/mol. The molecule has 2 rings (SSSR count). The zero-order chi connectivity index (χ0) is 15.6. The van der Waals surface area contributed by atoms with Gasteiger partial charge in [0.05, 0.1) is 17.0 Å². The van der Waals surface area contributed by atoms with E-state index < -0.39 is 17.7 Å². The molecule has 1 aromatic rings. The van der Waals surface area contributed by atoms with Gasteiger partial charge in [0.25, 0.3) is 0 Å². The van der Waals surface area contributed by atoms with Crippen LogP contribution in [0.2, 0.25) is 5.02 Å². The normalized spacial score (nSPS) is 19.4. The minimum Gasteiger partial charge on any atom is -0.481 e. The van der Waals surface area contributed by atoms with Crippen LogP contribution >= 0.6 is 11.6 Å². The number of rotatable bonds is 3. The van der Waals surface area contributed by atoms with Crippen molar-refractivity contribution in [2.24, 2.45) is 5.92 Å². The zero-order valence-electron chi connectivity index (χ0n) is 11.5. The second-order valence-electron chi connectivity index (χ2n) is 5.11. The number of aliphatic carboxylic acids is 1. The molecule has 2 atom stereocenters. The molecular weight excluding hydrogens is 299 g/mol. The van der Waals surface area contributed by atoms with Crippen LogP contribution in [0.25, 0.3) is 0 Å². The second kappa shape index (κ2) is 6.30. The van der Waals surface area contributed by atoms with Crippen LogP contribution < -0.4 is 5.32 Å². The average Bonchev–Trinajstić information content (AvgIpc) is 2.91. The van der Waals surface area contributed by atoms with E-state index in [1.807, 2.05) is 0 Å². The van der Waals surface area contributed by atoms with Crippen molar-refractivity contribution in [2.75, 3.05) is 13.1 Å². The summed E-state index contributed by atoms with van der Waals surface area (Å²) in [7, 11) is 0. The van der Waals surface area contributed by atoms with Crippen LogP contribution in [0.5, 0.6) is 0 Å². The van der Waals surface area contributed by atoms with Crippen LogP contribution in [0, 0.1) is 11.7 Å². The number of carboxylic acids is 1. The number of carbonyl (C=O) groups is 2. The number of carbonyl (C=O) groups excluding carboxylic acids is 1. The Balaban J connectivity index is 1.96. The third-order valence-corrected chi connectivity index (χ3v) is 3.90. The number of hydrogen-bond donors (Lipinski definition) is 2. The molecule has 1 aliphatic heterocycles. The fourth-order valence-electron chi connectivity index (χ4n) is 2.29. The molecular formula is C14H16ClFN2O3. The molecule has 1 aromatic carbocycles. The summed E-state index contributed by atoms with van der Waals surface area (Å²) in [5.74, 6) is -1.90. The minimum absolute atomic E-state index is 0.000660. The van der Waals surface area contributed by atoms with Crippen molar-refractivity contribution in [3.05, 3.63) is 34.6 Å². The number of benzene rings is 1. The van der Waals surface area contributed by atoms with Gasteiger partial charge < -0.3 is 15.3 Å². The maximum Gasteiger partial charge on any atom is 0.317 e. The molecule has 1 fully saturated rings. The quantitative estimate of drug-likeness (QED) is 0.901. The molecule has 0 bridgehead atoms. The van der Waals surface area contributed by atoms with Gasteiger partial charge in [0.1, 0.15) is 5.82 Å². The lowest BCUT2D eigenvalue weighted by molar-refractivity contribution is -0.141. The standard InChI is InChI=1S/C14H16ClFN2O3/c1-8(9-2-3-12(16)11(15)6-9)17-14(21)18-5-4-10(7-18)13(19)20/h2-3,6,8,10H,4-5,7H2,1H3,(H,17,21)(H,19,20). The summed E-state index contributed by atoms with van der Waals surface area (Å²) >= 11 is 5.71. The summed E-state index contributed by atoms with van der Waals surface area (Å²) in [6.45, 7) is 2.38. The second-order valence-corrected chi connectivity index (χ2v) is 5.52. The largest absolute Gasteiger partial charge is 0.481 e. The molecule has 2 N–H and O–H groups in total. The monoisotopic (exact) mass is 314 g/mol. The summed E-state index contributed by atoms with van der Waals surface area (Å²) in [4.78, 5) is 24.4. The number of amides is 2. The van der Waals surface area contributed by atoms with Gasteiger partial charge in [-0.3, -0.25) is 4.79 Å². The third-order valence-electron chi connectivity index (χ3n) is 3.61. The molecule has 0 aromatic heterocycles. The molecule has 1 saturated heterocycles. The van der Waals surface area contributed by atoms with E-state index in [4.69, 9.17) is 16.7 Å². The highest BCUT2D eigenvalue weighted by Gasteiger charge is 2.31. The Morgan fingerprint density at radius 1 is 1.52 bits per heavy atom. The lowest BCUT2D eigenvalue weighted by Gasteiger charge is -2.21. The van der Waals surface area contributed by atoms with Gasteiger partial charge in [-0.05, 0) is 31.0 Å². The Labute approximate surface area is 126 Å². The number of likely N-dealkylation sites (tertiary alicyclic amines) is 1. The Kier molecular flexibility index (Phi) is 4.67. The van der Waals surface area contributed by atoms with E-state index in [2.05, 4.69) is 5.32 Å².